The van der Waals surface area contributed by atoms with Crippen LogP contribution in [0.2, 0.25) is 0 Å². The summed E-state index contributed by atoms with van der Waals surface area (Å²) in [5.74, 6) is 1.31. The molecule has 158 valence electrons. The summed E-state index contributed by atoms with van der Waals surface area (Å²) in [7, 11) is 0. The lowest BCUT2D eigenvalue weighted by Gasteiger charge is -2.35. The Morgan fingerprint density at radius 3 is 2.57 bits per heavy atom. The Hall–Kier alpha value is -2.82. The van der Waals surface area contributed by atoms with Crippen molar-refractivity contribution in [1.82, 2.24) is 4.90 Å². The van der Waals surface area contributed by atoms with Crippen LogP contribution in [0.15, 0.2) is 42.5 Å². The number of rotatable bonds is 7. The average molecular weight is 408 g/mol. The molecule has 1 aliphatic carbocycles. The second kappa shape index (κ2) is 9.33. The van der Waals surface area contributed by atoms with Crippen LogP contribution in [0.5, 0.6) is 11.5 Å². The molecule has 30 heavy (non-hydrogen) atoms. The fourth-order valence-electron chi connectivity index (χ4n) is 4.42. The predicted octanol–water partition coefficient (Wildman–Crippen LogP) is 4.22. The molecule has 0 fully saturated rings. The van der Waals surface area contributed by atoms with Crippen LogP contribution in [0.3, 0.4) is 0 Å². The molecular weight excluding hydrogens is 378 g/mol. The Morgan fingerprint density at radius 2 is 1.77 bits per heavy atom. The standard InChI is InChI=1S/C25H29NO4/c1-2-13-26(21-9-7-18-5-3-4-6-19(18)16-21)25(28)12-10-22(27)20-8-11-23-24(17-20)30-15-14-29-23/h3-6,8,11,17,21H,2,7,9-10,12-16H2,1H3. The summed E-state index contributed by atoms with van der Waals surface area (Å²) in [5.41, 5.74) is 3.31. The van der Waals surface area contributed by atoms with E-state index in [1.807, 2.05) is 4.90 Å². The molecule has 1 amide bonds. The Morgan fingerprint density at radius 1 is 1.00 bits per heavy atom. The number of ketones is 1. The van der Waals surface area contributed by atoms with Gasteiger partial charge in [0, 0.05) is 31.0 Å². The molecule has 1 heterocycles. The molecule has 2 aliphatic rings. The van der Waals surface area contributed by atoms with E-state index in [0.29, 0.717) is 30.3 Å². The number of fused-ring (bicyclic) bond motifs is 2. The minimum Gasteiger partial charge on any atom is -0.486 e. The highest BCUT2D eigenvalue weighted by molar-refractivity contribution is 5.98. The average Bonchev–Trinajstić information content (AvgIpc) is 2.80. The van der Waals surface area contributed by atoms with Gasteiger partial charge in [-0.15, -0.1) is 0 Å². The van der Waals surface area contributed by atoms with Gasteiger partial charge in [0.15, 0.2) is 17.3 Å². The fourth-order valence-corrected chi connectivity index (χ4v) is 4.42. The van der Waals surface area contributed by atoms with Gasteiger partial charge in [-0.1, -0.05) is 31.2 Å². The molecule has 0 radical (unpaired) electrons. The summed E-state index contributed by atoms with van der Waals surface area (Å²) in [6, 6.07) is 14.0. The summed E-state index contributed by atoms with van der Waals surface area (Å²) < 4.78 is 11.1. The zero-order chi connectivity index (χ0) is 20.9. The number of ether oxygens (including phenoxy) is 2. The number of amides is 1. The number of hydrogen-bond donors (Lipinski definition) is 0. The molecule has 1 unspecified atom stereocenters. The molecule has 0 N–H and O–H groups in total. The second-order valence-electron chi connectivity index (χ2n) is 8.03. The first kappa shape index (κ1) is 20.5. The van der Waals surface area contributed by atoms with Crippen LogP contribution in [-0.2, 0) is 17.6 Å². The molecule has 0 saturated carbocycles. The zero-order valence-electron chi connectivity index (χ0n) is 17.6. The van der Waals surface area contributed by atoms with Crippen molar-refractivity contribution >= 4 is 11.7 Å². The topological polar surface area (TPSA) is 55.8 Å². The van der Waals surface area contributed by atoms with E-state index in [0.717, 1.165) is 32.2 Å². The first-order valence-electron chi connectivity index (χ1n) is 10.9. The third-order valence-corrected chi connectivity index (χ3v) is 5.98. The number of nitrogens with zero attached hydrogens (tertiary/aromatic N) is 1. The molecule has 1 atom stereocenters. The van der Waals surface area contributed by atoms with E-state index in [2.05, 4.69) is 31.2 Å². The van der Waals surface area contributed by atoms with Gasteiger partial charge >= 0.3 is 0 Å². The lowest BCUT2D eigenvalue weighted by molar-refractivity contribution is -0.133. The van der Waals surface area contributed by atoms with Crippen molar-refractivity contribution in [2.24, 2.45) is 0 Å². The Labute approximate surface area is 178 Å². The van der Waals surface area contributed by atoms with Crippen molar-refractivity contribution in [1.29, 1.82) is 0 Å². The number of carbonyl (C=O) groups is 2. The maximum absolute atomic E-state index is 13.0. The highest BCUT2D eigenvalue weighted by atomic mass is 16.6. The van der Waals surface area contributed by atoms with Crippen LogP contribution >= 0.6 is 0 Å². The molecule has 5 heteroatoms. The normalized spacial score (nSPS) is 17.2. The second-order valence-corrected chi connectivity index (χ2v) is 8.03. The number of aryl methyl sites for hydroxylation is 1. The van der Waals surface area contributed by atoms with Crippen molar-refractivity contribution in [3.05, 3.63) is 59.2 Å². The van der Waals surface area contributed by atoms with Gasteiger partial charge in [0.05, 0.1) is 0 Å². The van der Waals surface area contributed by atoms with Crippen LogP contribution in [0.25, 0.3) is 0 Å². The van der Waals surface area contributed by atoms with Gasteiger partial charge in [0.25, 0.3) is 0 Å². The summed E-state index contributed by atoms with van der Waals surface area (Å²) in [4.78, 5) is 27.7. The first-order chi connectivity index (χ1) is 14.7. The van der Waals surface area contributed by atoms with Gasteiger partial charge in [-0.3, -0.25) is 9.59 Å². The summed E-state index contributed by atoms with van der Waals surface area (Å²) in [6.45, 7) is 3.84. The summed E-state index contributed by atoms with van der Waals surface area (Å²) >= 11 is 0. The number of carbonyl (C=O) groups excluding carboxylic acids is 2. The molecule has 1 aliphatic heterocycles. The van der Waals surface area contributed by atoms with Crippen LogP contribution in [0.1, 0.15) is 54.1 Å². The van der Waals surface area contributed by atoms with Gasteiger partial charge in [-0.05, 0) is 55.0 Å². The molecule has 2 aromatic carbocycles. The number of benzene rings is 2. The molecular formula is C25H29NO4. The minimum atomic E-state index is -0.0363. The molecule has 0 aromatic heterocycles. The molecule has 5 nitrogen and oxygen atoms in total. The van der Waals surface area contributed by atoms with Crippen molar-refractivity contribution in [3.63, 3.8) is 0 Å². The third kappa shape index (κ3) is 4.50. The van der Waals surface area contributed by atoms with Crippen molar-refractivity contribution in [3.8, 4) is 11.5 Å². The maximum Gasteiger partial charge on any atom is 0.223 e. The minimum absolute atomic E-state index is 0.0363. The van der Waals surface area contributed by atoms with Gasteiger partial charge in [-0.2, -0.15) is 0 Å². The molecule has 2 aromatic rings. The highest BCUT2D eigenvalue weighted by Crippen LogP contribution is 2.31. The van der Waals surface area contributed by atoms with Crippen LogP contribution in [0, 0.1) is 0 Å². The lowest BCUT2D eigenvalue weighted by Crippen LogP contribution is -2.44. The van der Waals surface area contributed by atoms with Crippen LogP contribution in [0.4, 0.5) is 0 Å². The van der Waals surface area contributed by atoms with Crippen LogP contribution in [-0.4, -0.2) is 42.4 Å². The van der Waals surface area contributed by atoms with Crippen LogP contribution < -0.4 is 9.47 Å². The summed E-state index contributed by atoms with van der Waals surface area (Å²) in [5, 5.41) is 0. The molecule has 4 rings (SSSR count). The van der Waals surface area contributed by atoms with E-state index < -0.39 is 0 Å². The van der Waals surface area contributed by atoms with E-state index in [4.69, 9.17) is 9.47 Å². The Kier molecular flexibility index (Phi) is 6.36. The lowest BCUT2D eigenvalue weighted by atomic mass is 9.87. The zero-order valence-corrected chi connectivity index (χ0v) is 17.6. The summed E-state index contributed by atoms with van der Waals surface area (Å²) in [6.07, 6.45) is 4.26. The Balaban J connectivity index is 1.38. The van der Waals surface area contributed by atoms with Gasteiger partial charge in [0.1, 0.15) is 13.2 Å². The van der Waals surface area contributed by atoms with Gasteiger partial charge in [-0.25, -0.2) is 0 Å². The van der Waals surface area contributed by atoms with Gasteiger partial charge < -0.3 is 14.4 Å². The number of Topliss-reactive ketones (excluding diaryl/α,β-unsaturated/α-hetero) is 1. The van der Waals surface area contributed by atoms with E-state index in [1.165, 1.54) is 11.1 Å². The van der Waals surface area contributed by atoms with Crippen molar-refractivity contribution in [2.45, 2.75) is 51.5 Å². The monoisotopic (exact) mass is 407 g/mol. The maximum atomic E-state index is 13.0. The molecule has 0 saturated heterocycles. The van der Waals surface area contributed by atoms with E-state index in [9.17, 15) is 9.59 Å². The molecule has 0 spiro atoms. The SMILES string of the molecule is CCCN(C(=O)CCC(=O)c1ccc2c(c1)OCCO2)C1CCc2ccccc2C1. The predicted molar refractivity (Wildman–Crippen MR) is 115 cm³/mol. The van der Waals surface area contributed by atoms with E-state index >= 15 is 0 Å². The fraction of sp³-hybridized carbons (Fsp3) is 0.440. The van der Waals surface area contributed by atoms with Gasteiger partial charge in [0.2, 0.25) is 5.91 Å². The highest BCUT2D eigenvalue weighted by Gasteiger charge is 2.27. The van der Waals surface area contributed by atoms with Crippen molar-refractivity contribution < 1.29 is 19.1 Å². The third-order valence-electron chi connectivity index (χ3n) is 5.98. The Bertz CT molecular complexity index is 923. The number of hydrogen-bond acceptors (Lipinski definition) is 4. The largest absolute Gasteiger partial charge is 0.486 e. The smallest absolute Gasteiger partial charge is 0.223 e. The quantitative estimate of drug-likeness (QED) is 0.645. The first-order valence-corrected chi connectivity index (χ1v) is 10.9. The van der Waals surface area contributed by atoms with E-state index in [1.54, 1.807) is 18.2 Å². The molecule has 0 bridgehead atoms. The van der Waals surface area contributed by atoms with Crippen molar-refractivity contribution in [2.75, 3.05) is 19.8 Å². The van der Waals surface area contributed by atoms with E-state index in [-0.39, 0.29) is 30.6 Å².